The third kappa shape index (κ3) is 5.26. The summed E-state index contributed by atoms with van der Waals surface area (Å²) >= 11 is 1.06. The van der Waals surface area contributed by atoms with Gasteiger partial charge in [0.1, 0.15) is 4.88 Å². The fourth-order valence-electron chi connectivity index (χ4n) is 3.69. The van der Waals surface area contributed by atoms with E-state index in [0.29, 0.717) is 5.00 Å². The Morgan fingerprint density at radius 1 is 1.09 bits per heavy atom. The lowest BCUT2D eigenvalue weighted by atomic mass is 9.89. The van der Waals surface area contributed by atoms with E-state index in [1.54, 1.807) is 24.3 Å². The molecule has 1 aromatic carbocycles. The normalized spacial score (nSPS) is 13.7. The van der Waals surface area contributed by atoms with Crippen molar-refractivity contribution < 1.29 is 23.5 Å². The molecule has 1 aliphatic carbocycles. The molecular formula is C24H24N2O5S. The van der Waals surface area contributed by atoms with Crippen LogP contribution in [0.5, 0.6) is 0 Å². The van der Waals surface area contributed by atoms with Gasteiger partial charge in [0.05, 0.1) is 17.3 Å². The van der Waals surface area contributed by atoms with Crippen LogP contribution in [0.15, 0.2) is 53.1 Å². The minimum absolute atomic E-state index is 0.173. The maximum atomic E-state index is 12.3. The summed E-state index contributed by atoms with van der Waals surface area (Å²) < 4.78 is 10.2. The maximum Gasteiger partial charge on any atom is 0.348 e. The predicted octanol–water partition coefficient (Wildman–Crippen LogP) is 4.51. The number of hydrogen-bond donors (Lipinski definition) is 2. The number of carbonyl (C=O) groups is 3. The lowest BCUT2D eigenvalue weighted by Crippen LogP contribution is -2.31. The van der Waals surface area contributed by atoms with Crippen molar-refractivity contribution in [2.24, 2.45) is 0 Å². The second-order valence-electron chi connectivity index (χ2n) is 7.70. The SMILES string of the molecule is CC(NC(=O)COC(=O)c1ccc(NC(=O)c2ccco2)s1)c1ccc2c(c1)CCCC2. The van der Waals surface area contributed by atoms with Crippen LogP contribution < -0.4 is 10.6 Å². The fraction of sp³-hybridized carbons (Fsp3) is 0.292. The average Bonchev–Trinajstić information content (AvgIpc) is 3.49. The Balaban J connectivity index is 1.26. The largest absolute Gasteiger partial charge is 0.459 e. The van der Waals surface area contributed by atoms with Gasteiger partial charge in [-0.05, 0) is 73.6 Å². The number of thiophene rings is 1. The molecule has 0 radical (unpaired) electrons. The molecule has 2 N–H and O–H groups in total. The molecule has 2 heterocycles. The highest BCUT2D eigenvalue weighted by Crippen LogP contribution is 2.25. The van der Waals surface area contributed by atoms with Crippen molar-refractivity contribution in [3.63, 3.8) is 0 Å². The zero-order valence-corrected chi connectivity index (χ0v) is 18.5. The molecule has 0 aliphatic heterocycles. The topological polar surface area (TPSA) is 97.6 Å². The summed E-state index contributed by atoms with van der Waals surface area (Å²) in [5, 5.41) is 6.00. The molecule has 0 saturated carbocycles. The van der Waals surface area contributed by atoms with E-state index in [1.807, 2.05) is 13.0 Å². The highest BCUT2D eigenvalue weighted by atomic mass is 32.1. The zero-order valence-electron chi connectivity index (χ0n) is 17.7. The predicted molar refractivity (Wildman–Crippen MR) is 121 cm³/mol. The van der Waals surface area contributed by atoms with Crippen molar-refractivity contribution in [1.29, 1.82) is 0 Å². The third-order valence-corrected chi connectivity index (χ3v) is 6.35. The number of furan rings is 1. The van der Waals surface area contributed by atoms with Crippen LogP contribution in [0, 0.1) is 0 Å². The van der Waals surface area contributed by atoms with Crippen LogP contribution in [0.4, 0.5) is 5.00 Å². The summed E-state index contributed by atoms with van der Waals surface area (Å²) in [6.45, 7) is 1.54. The van der Waals surface area contributed by atoms with E-state index in [9.17, 15) is 14.4 Å². The van der Waals surface area contributed by atoms with Crippen LogP contribution in [0.2, 0.25) is 0 Å². The smallest absolute Gasteiger partial charge is 0.348 e. The van der Waals surface area contributed by atoms with Crippen molar-refractivity contribution in [3.8, 4) is 0 Å². The number of amides is 2. The van der Waals surface area contributed by atoms with Crippen LogP contribution in [0.3, 0.4) is 0 Å². The number of anilines is 1. The first-order valence-corrected chi connectivity index (χ1v) is 11.3. The summed E-state index contributed by atoms with van der Waals surface area (Å²) in [6, 6.07) is 12.5. The molecular weight excluding hydrogens is 428 g/mol. The minimum atomic E-state index is -0.620. The van der Waals surface area contributed by atoms with Gasteiger partial charge in [0, 0.05) is 0 Å². The Kier molecular flexibility index (Phi) is 6.70. The molecule has 4 rings (SSSR count). The van der Waals surface area contributed by atoms with Crippen molar-refractivity contribution >= 4 is 34.1 Å². The lowest BCUT2D eigenvalue weighted by molar-refractivity contribution is -0.124. The second kappa shape index (κ2) is 9.82. The van der Waals surface area contributed by atoms with Crippen LogP contribution in [-0.2, 0) is 22.4 Å². The van der Waals surface area contributed by atoms with Crippen molar-refractivity contribution in [3.05, 3.63) is 76.1 Å². The molecule has 7 nitrogen and oxygen atoms in total. The highest BCUT2D eigenvalue weighted by Gasteiger charge is 2.17. The molecule has 0 spiro atoms. The number of nitrogens with one attached hydrogen (secondary N) is 2. The Bertz CT molecular complexity index is 1120. The van der Waals surface area contributed by atoms with Gasteiger partial charge in [-0.15, -0.1) is 11.3 Å². The van der Waals surface area contributed by atoms with E-state index in [0.717, 1.165) is 29.7 Å². The number of ether oxygens (including phenoxy) is 1. The summed E-state index contributed by atoms with van der Waals surface area (Å²) in [5.74, 6) is -1.23. The summed E-state index contributed by atoms with van der Waals surface area (Å²) in [4.78, 5) is 36.8. The van der Waals surface area contributed by atoms with Crippen molar-refractivity contribution in [2.45, 2.75) is 38.6 Å². The van der Waals surface area contributed by atoms with Crippen LogP contribution in [-0.4, -0.2) is 24.4 Å². The van der Waals surface area contributed by atoms with Crippen LogP contribution in [0.1, 0.15) is 62.7 Å². The molecule has 1 unspecified atom stereocenters. The molecule has 166 valence electrons. The summed E-state index contributed by atoms with van der Waals surface area (Å²) in [5.41, 5.74) is 3.79. The molecule has 2 amide bonds. The van der Waals surface area contributed by atoms with Gasteiger partial charge in [-0.1, -0.05) is 18.2 Å². The number of rotatable bonds is 7. The van der Waals surface area contributed by atoms with Gasteiger partial charge in [0.2, 0.25) is 0 Å². The Morgan fingerprint density at radius 2 is 1.91 bits per heavy atom. The second-order valence-corrected chi connectivity index (χ2v) is 8.78. The van der Waals surface area contributed by atoms with Gasteiger partial charge in [0.25, 0.3) is 11.8 Å². The quantitative estimate of drug-likeness (QED) is 0.514. The number of esters is 1. The van der Waals surface area contributed by atoms with Gasteiger partial charge in [0.15, 0.2) is 12.4 Å². The van der Waals surface area contributed by atoms with E-state index >= 15 is 0 Å². The minimum Gasteiger partial charge on any atom is -0.459 e. The van der Waals surface area contributed by atoms with E-state index in [2.05, 4.69) is 22.8 Å². The zero-order chi connectivity index (χ0) is 22.5. The number of fused-ring (bicyclic) bond motifs is 1. The van der Waals surface area contributed by atoms with Crippen LogP contribution in [0.25, 0.3) is 0 Å². The summed E-state index contributed by atoms with van der Waals surface area (Å²) in [7, 11) is 0. The molecule has 1 atom stereocenters. The number of carbonyl (C=O) groups excluding carboxylic acids is 3. The van der Waals surface area contributed by atoms with Gasteiger partial charge in [-0.2, -0.15) is 0 Å². The van der Waals surface area contributed by atoms with E-state index < -0.39 is 11.9 Å². The molecule has 8 heteroatoms. The Labute approximate surface area is 189 Å². The van der Waals surface area contributed by atoms with Crippen molar-refractivity contribution in [1.82, 2.24) is 5.32 Å². The number of benzene rings is 1. The number of hydrogen-bond acceptors (Lipinski definition) is 6. The monoisotopic (exact) mass is 452 g/mol. The molecule has 2 aromatic heterocycles. The van der Waals surface area contributed by atoms with Gasteiger partial charge in [-0.25, -0.2) is 4.79 Å². The standard InChI is InChI=1S/C24H24N2O5S/c1-15(17-9-8-16-5-2-3-6-18(16)13-17)25-21(27)14-31-24(29)20-10-11-22(32-20)26-23(28)19-7-4-12-30-19/h4,7-13,15H,2-3,5-6,14H2,1H3,(H,25,27)(H,26,28). The first kappa shape index (κ1) is 21.8. The summed E-state index contributed by atoms with van der Waals surface area (Å²) in [6.07, 6.45) is 6.02. The van der Waals surface area contributed by atoms with E-state index in [4.69, 9.17) is 9.15 Å². The molecule has 32 heavy (non-hydrogen) atoms. The first-order valence-electron chi connectivity index (χ1n) is 10.5. The Hall–Kier alpha value is -3.39. The highest BCUT2D eigenvalue weighted by molar-refractivity contribution is 7.18. The average molecular weight is 453 g/mol. The molecule has 0 bridgehead atoms. The Morgan fingerprint density at radius 3 is 2.69 bits per heavy atom. The first-order chi connectivity index (χ1) is 15.5. The number of aryl methyl sites for hydroxylation is 2. The van der Waals surface area contributed by atoms with E-state index in [-0.39, 0.29) is 29.2 Å². The fourth-order valence-corrected chi connectivity index (χ4v) is 4.48. The molecule has 0 saturated heterocycles. The lowest BCUT2D eigenvalue weighted by Gasteiger charge is -2.20. The molecule has 1 aliphatic rings. The van der Waals surface area contributed by atoms with Crippen LogP contribution >= 0.6 is 11.3 Å². The van der Waals surface area contributed by atoms with Gasteiger partial charge in [-0.3, -0.25) is 9.59 Å². The maximum absolute atomic E-state index is 12.3. The van der Waals surface area contributed by atoms with Gasteiger partial charge < -0.3 is 19.8 Å². The molecule has 0 fully saturated rings. The van der Waals surface area contributed by atoms with Crippen molar-refractivity contribution in [2.75, 3.05) is 11.9 Å². The van der Waals surface area contributed by atoms with E-state index in [1.165, 1.54) is 30.2 Å². The van der Waals surface area contributed by atoms with Gasteiger partial charge >= 0.3 is 5.97 Å². The molecule has 3 aromatic rings. The third-order valence-electron chi connectivity index (χ3n) is 5.37.